The molecule has 0 unspecified atom stereocenters. The molecular weight excluding hydrogens is 426 g/mol. The van der Waals surface area contributed by atoms with Crippen LogP contribution in [0.5, 0.6) is 11.5 Å². The molecule has 1 aromatic heterocycles. The summed E-state index contributed by atoms with van der Waals surface area (Å²) in [5.41, 5.74) is 2.09. The van der Waals surface area contributed by atoms with E-state index in [2.05, 4.69) is 5.32 Å². The average Bonchev–Trinajstić information content (AvgIpc) is 3.24. The van der Waals surface area contributed by atoms with Crippen LogP contribution in [-0.2, 0) is 23.0 Å². The Bertz CT molecular complexity index is 1080. The Kier molecular flexibility index (Phi) is 8.50. The van der Waals surface area contributed by atoms with Crippen LogP contribution in [0.3, 0.4) is 0 Å². The van der Waals surface area contributed by atoms with Crippen LogP contribution >= 0.6 is 0 Å². The lowest BCUT2D eigenvalue weighted by Gasteiger charge is -2.12. The maximum Gasteiger partial charge on any atom is 0.287 e. The number of benzene rings is 2. The molecule has 0 saturated carbocycles. The highest BCUT2D eigenvalue weighted by atomic mass is 32.2. The van der Waals surface area contributed by atoms with Crippen LogP contribution in [0.4, 0.5) is 0 Å². The summed E-state index contributed by atoms with van der Waals surface area (Å²) in [4.78, 5) is 13.2. The highest BCUT2D eigenvalue weighted by Crippen LogP contribution is 2.28. The molecule has 0 aliphatic rings. The number of ether oxygens (including phenoxy) is 2. The first-order valence-electron chi connectivity index (χ1n) is 10.7. The second-order valence-electron chi connectivity index (χ2n) is 7.23. The molecule has 170 valence electrons. The molecule has 2 aromatic carbocycles. The van der Waals surface area contributed by atoms with Crippen LogP contribution < -0.4 is 14.8 Å². The van der Waals surface area contributed by atoms with Crippen molar-refractivity contribution in [2.75, 3.05) is 19.8 Å². The van der Waals surface area contributed by atoms with Crippen molar-refractivity contribution in [1.29, 1.82) is 0 Å². The predicted octanol–water partition coefficient (Wildman–Crippen LogP) is 4.67. The third kappa shape index (κ3) is 6.47. The molecule has 1 amide bonds. The zero-order valence-corrected chi connectivity index (χ0v) is 19.5. The van der Waals surface area contributed by atoms with E-state index in [0.29, 0.717) is 43.4 Å². The van der Waals surface area contributed by atoms with Gasteiger partial charge in [-0.15, -0.1) is 0 Å². The minimum atomic E-state index is -1.23. The lowest BCUT2D eigenvalue weighted by Crippen LogP contribution is -2.25. The Labute approximate surface area is 191 Å². The van der Waals surface area contributed by atoms with Crippen molar-refractivity contribution in [1.82, 2.24) is 5.32 Å². The Balaban J connectivity index is 1.53. The van der Waals surface area contributed by atoms with Gasteiger partial charge in [0.1, 0.15) is 5.76 Å². The van der Waals surface area contributed by atoms with Crippen molar-refractivity contribution in [2.24, 2.45) is 0 Å². The molecule has 0 saturated heterocycles. The zero-order chi connectivity index (χ0) is 22.9. The van der Waals surface area contributed by atoms with E-state index in [4.69, 9.17) is 13.9 Å². The Morgan fingerprint density at radius 1 is 1.00 bits per heavy atom. The lowest BCUT2D eigenvalue weighted by molar-refractivity contribution is 0.0925. The van der Waals surface area contributed by atoms with E-state index in [1.807, 2.05) is 63.2 Å². The van der Waals surface area contributed by atoms with Gasteiger partial charge in [0.2, 0.25) is 0 Å². The van der Waals surface area contributed by atoms with Gasteiger partial charge in [0, 0.05) is 11.4 Å². The molecule has 6 nitrogen and oxygen atoms in total. The van der Waals surface area contributed by atoms with Crippen LogP contribution in [-0.4, -0.2) is 29.9 Å². The molecule has 0 spiro atoms. The fraction of sp³-hybridized carbons (Fsp3) is 0.320. The number of nitrogens with one attached hydrogen (secondary N) is 1. The van der Waals surface area contributed by atoms with Crippen molar-refractivity contribution in [2.45, 2.75) is 37.8 Å². The summed E-state index contributed by atoms with van der Waals surface area (Å²) in [6.45, 7) is 7.38. The van der Waals surface area contributed by atoms with E-state index in [9.17, 15) is 9.00 Å². The van der Waals surface area contributed by atoms with Crippen LogP contribution in [0.1, 0.15) is 41.3 Å². The van der Waals surface area contributed by atoms with Crippen LogP contribution in [0.2, 0.25) is 0 Å². The zero-order valence-electron chi connectivity index (χ0n) is 18.7. The Morgan fingerprint density at radius 2 is 1.78 bits per heavy atom. The maximum absolute atomic E-state index is 12.5. The largest absolute Gasteiger partial charge is 0.490 e. The van der Waals surface area contributed by atoms with E-state index in [1.54, 1.807) is 12.1 Å². The van der Waals surface area contributed by atoms with E-state index in [-0.39, 0.29) is 17.4 Å². The summed E-state index contributed by atoms with van der Waals surface area (Å²) in [5, 5.41) is 2.86. The summed E-state index contributed by atoms with van der Waals surface area (Å²) < 4.78 is 29.4. The Morgan fingerprint density at radius 3 is 2.53 bits per heavy atom. The van der Waals surface area contributed by atoms with Gasteiger partial charge in [0.15, 0.2) is 17.3 Å². The summed E-state index contributed by atoms with van der Waals surface area (Å²) in [6.07, 6.45) is 0.642. The number of hydrogen-bond acceptors (Lipinski definition) is 5. The lowest BCUT2D eigenvalue weighted by atomic mass is 10.1. The highest BCUT2D eigenvalue weighted by Gasteiger charge is 2.14. The number of amides is 1. The molecule has 1 N–H and O–H groups in total. The molecule has 0 radical (unpaired) electrons. The van der Waals surface area contributed by atoms with Gasteiger partial charge in [0.05, 0.1) is 29.8 Å². The number of carbonyl (C=O) groups excluding carboxylic acids is 1. The molecule has 1 atom stereocenters. The quantitative estimate of drug-likeness (QED) is 0.455. The van der Waals surface area contributed by atoms with Crippen LogP contribution in [0.15, 0.2) is 63.9 Å². The SMILES string of the molecule is CCOc1ccc(CCNC(=O)c2ccc(C[S@@](=O)c3cccc(C)c3)o2)cc1OCC. The van der Waals surface area contributed by atoms with E-state index in [0.717, 1.165) is 16.0 Å². The van der Waals surface area contributed by atoms with Gasteiger partial charge in [-0.2, -0.15) is 0 Å². The second kappa shape index (κ2) is 11.5. The fourth-order valence-corrected chi connectivity index (χ4v) is 4.33. The summed E-state index contributed by atoms with van der Waals surface area (Å²) in [5.74, 6) is 2.08. The van der Waals surface area contributed by atoms with Crippen molar-refractivity contribution >= 4 is 16.7 Å². The van der Waals surface area contributed by atoms with Gasteiger partial charge in [-0.05, 0) is 74.7 Å². The first-order chi connectivity index (χ1) is 15.5. The topological polar surface area (TPSA) is 77.8 Å². The molecule has 0 aliphatic carbocycles. The van der Waals surface area contributed by atoms with Crippen molar-refractivity contribution < 1.29 is 22.9 Å². The number of furan rings is 1. The average molecular weight is 456 g/mol. The minimum absolute atomic E-state index is 0.211. The molecule has 3 aromatic rings. The van der Waals surface area contributed by atoms with Crippen molar-refractivity contribution in [3.8, 4) is 11.5 Å². The number of rotatable bonds is 11. The molecule has 0 fully saturated rings. The Hall–Kier alpha value is -3.06. The number of aryl methyl sites for hydroxylation is 1. The van der Waals surface area contributed by atoms with Gasteiger partial charge < -0.3 is 19.2 Å². The normalized spacial score (nSPS) is 11.7. The predicted molar refractivity (Wildman–Crippen MR) is 125 cm³/mol. The minimum Gasteiger partial charge on any atom is -0.490 e. The third-order valence-corrected chi connectivity index (χ3v) is 6.04. The number of hydrogen-bond donors (Lipinski definition) is 1. The van der Waals surface area contributed by atoms with Crippen LogP contribution in [0, 0.1) is 6.92 Å². The molecule has 32 heavy (non-hydrogen) atoms. The third-order valence-electron chi connectivity index (χ3n) is 4.72. The molecule has 7 heteroatoms. The summed E-state index contributed by atoms with van der Waals surface area (Å²) in [6, 6.07) is 16.7. The van der Waals surface area contributed by atoms with Crippen molar-refractivity contribution in [3.63, 3.8) is 0 Å². The van der Waals surface area contributed by atoms with Crippen molar-refractivity contribution in [3.05, 3.63) is 77.2 Å². The van der Waals surface area contributed by atoms with Gasteiger partial charge >= 0.3 is 0 Å². The fourth-order valence-electron chi connectivity index (χ4n) is 3.21. The van der Waals surface area contributed by atoms with E-state index < -0.39 is 10.8 Å². The molecule has 3 rings (SSSR count). The highest BCUT2D eigenvalue weighted by molar-refractivity contribution is 7.84. The molecule has 0 bridgehead atoms. The van der Waals surface area contributed by atoms with Gasteiger partial charge in [-0.3, -0.25) is 9.00 Å². The van der Waals surface area contributed by atoms with Gasteiger partial charge in [-0.1, -0.05) is 18.2 Å². The van der Waals surface area contributed by atoms with Gasteiger partial charge in [0.25, 0.3) is 5.91 Å². The first-order valence-corrected chi connectivity index (χ1v) is 12.0. The molecular formula is C25H29NO5S. The maximum atomic E-state index is 12.5. The summed E-state index contributed by atoms with van der Waals surface area (Å²) >= 11 is 0. The van der Waals surface area contributed by atoms with E-state index >= 15 is 0 Å². The van der Waals surface area contributed by atoms with Crippen LogP contribution in [0.25, 0.3) is 0 Å². The second-order valence-corrected chi connectivity index (χ2v) is 8.68. The first kappa shape index (κ1) is 23.6. The standard InChI is InChI=1S/C25H29NO5S/c1-4-29-22-11-9-19(16-24(22)30-5-2)13-14-26-25(27)23-12-10-20(31-23)17-32(28)21-8-6-7-18(3)15-21/h6-12,15-16H,4-5,13-14,17H2,1-3H3,(H,26,27)/t32-/m1/s1. The smallest absolute Gasteiger partial charge is 0.287 e. The monoisotopic (exact) mass is 455 g/mol. The molecule has 0 aliphatic heterocycles. The number of carbonyl (C=O) groups is 1. The van der Waals surface area contributed by atoms with E-state index in [1.165, 1.54) is 0 Å². The summed E-state index contributed by atoms with van der Waals surface area (Å²) in [7, 11) is -1.23. The molecule has 1 heterocycles. The van der Waals surface area contributed by atoms with Gasteiger partial charge in [-0.25, -0.2) is 0 Å².